The third-order valence-electron chi connectivity index (χ3n) is 4.53. The number of para-hydroxylation sites is 1. The molecule has 0 aliphatic heterocycles. The van der Waals surface area contributed by atoms with Crippen LogP contribution in [0.25, 0.3) is 28.7 Å². The average Bonchev–Trinajstić information content (AvgIpc) is 2.70. The summed E-state index contributed by atoms with van der Waals surface area (Å²) < 4.78 is 29.2. The Bertz CT molecular complexity index is 1280. The van der Waals surface area contributed by atoms with E-state index in [1.54, 1.807) is 67.6 Å². The van der Waals surface area contributed by atoms with Crippen molar-refractivity contribution >= 4 is 23.1 Å². The molecule has 0 radical (unpaired) electrons. The standard InChI is InChI=1S/C23H16F2N2O/c1-15-10-12-17(24)14-21(15)27-22(13-11-16-6-2-4-8-19(16)25)26-20-9-5-3-7-18(20)23(27)28/h2-14H,1H3/b13-11-. The lowest BCUT2D eigenvalue weighted by molar-refractivity contribution is 0.625. The van der Waals surface area contributed by atoms with Crippen molar-refractivity contribution in [1.29, 1.82) is 0 Å². The van der Waals surface area contributed by atoms with Crippen LogP contribution < -0.4 is 5.56 Å². The SMILES string of the molecule is Cc1ccc(F)cc1-n1c(/C=C\c2ccccc2F)nc2ccccc2c1=O. The second kappa shape index (κ2) is 7.19. The van der Waals surface area contributed by atoms with E-state index in [4.69, 9.17) is 0 Å². The van der Waals surface area contributed by atoms with E-state index in [2.05, 4.69) is 4.98 Å². The normalized spacial score (nSPS) is 11.4. The molecule has 0 spiro atoms. The average molecular weight is 374 g/mol. The van der Waals surface area contributed by atoms with Crippen LogP contribution in [0.5, 0.6) is 0 Å². The van der Waals surface area contributed by atoms with Crippen molar-refractivity contribution in [2.24, 2.45) is 0 Å². The lowest BCUT2D eigenvalue weighted by atomic mass is 10.1. The number of hydrogen-bond acceptors (Lipinski definition) is 2. The van der Waals surface area contributed by atoms with Crippen molar-refractivity contribution in [3.8, 4) is 5.69 Å². The Morgan fingerprint density at radius 3 is 2.50 bits per heavy atom. The monoisotopic (exact) mass is 374 g/mol. The fourth-order valence-corrected chi connectivity index (χ4v) is 3.09. The lowest BCUT2D eigenvalue weighted by Gasteiger charge is -2.14. The van der Waals surface area contributed by atoms with E-state index < -0.39 is 5.82 Å². The number of aromatic nitrogens is 2. The van der Waals surface area contributed by atoms with Crippen molar-refractivity contribution in [3.05, 3.63) is 106 Å². The molecule has 4 aromatic rings. The first kappa shape index (κ1) is 17.8. The van der Waals surface area contributed by atoms with Crippen LogP contribution in [0.3, 0.4) is 0 Å². The number of aryl methyl sites for hydroxylation is 1. The fourth-order valence-electron chi connectivity index (χ4n) is 3.09. The molecule has 28 heavy (non-hydrogen) atoms. The van der Waals surface area contributed by atoms with E-state index in [0.717, 1.165) is 5.56 Å². The fraction of sp³-hybridized carbons (Fsp3) is 0.0435. The van der Waals surface area contributed by atoms with Crippen molar-refractivity contribution in [2.45, 2.75) is 6.92 Å². The first-order chi connectivity index (χ1) is 13.5. The van der Waals surface area contributed by atoms with Crippen LogP contribution in [0.1, 0.15) is 17.0 Å². The first-order valence-corrected chi connectivity index (χ1v) is 8.75. The maximum absolute atomic E-state index is 14.0. The predicted octanol–water partition coefficient (Wildman–Crippen LogP) is 5.14. The van der Waals surface area contributed by atoms with Crippen LogP contribution >= 0.6 is 0 Å². The highest BCUT2D eigenvalue weighted by Gasteiger charge is 2.13. The molecule has 0 unspecified atom stereocenters. The number of benzene rings is 3. The molecule has 3 nitrogen and oxygen atoms in total. The maximum Gasteiger partial charge on any atom is 0.266 e. The van der Waals surface area contributed by atoms with Crippen LogP contribution in [0, 0.1) is 18.6 Å². The zero-order valence-electron chi connectivity index (χ0n) is 15.1. The van der Waals surface area contributed by atoms with Gasteiger partial charge in [0.1, 0.15) is 17.5 Å². The van der Waals surface area contributed by atoms with Crippen LogP contribution in [-0.4, -0.2) is 9.55 Å². The number of fused-ring (bicyclic) bond motifs is 1. The van der Waals surface area contributed by atoms with E-state index in [1.807, 2.05) is 0 Å². The van der Waals surface area contributed by atoms with Gasteiger partial charge in [-0.2, -0.15) is 0 Å². The molecule has 1 aromatic heterocycles. The molecule has 0 saturated heterocycles. The largest absolute Gasteiger partial charge is 0.268 e. The molecule has 1 heterocycles. The highest BCUT2D eigenvalue weighted by Crippen LogP contribution is 2.19. The van der Waals surface area contributed by atoms with E-state index in [-0.39, 0.29) is 11.4 Å². The number of halogens is 2. The van der Waals surface area contributed by atoms with Gasteiger partial charge in [-0.1, -0.05) is 36.4 Å². The molecule has 0 aliphatic carbocycles. The van der Waals surface area contributed by atoms with Crippen molar-refractivity contribution in [1.82, 2.24) is 9.55 Å². The predicted molar refractivity (Wildman–Crippen MR) is 107 cm³/mol. The highest BCUT2D eigenvalue weighted by atomic mass is 19.1. The van der Waals surface area contributed by atoms with E-state index >= 15 is 0 Å². The maximum atomic E-state index is 14.0. The summed E-state index contributed by atoms with van der Waals surface area (Å²) in [5.41, 5.74) is 1.70. The summed E-state index contributed by atoms with van der Waals surface area (Å²) >= 11 is 0. The Balaban J connectivity index is 2.00. The molecule has 138 valence electrons. The Morgan fingerprint density at radius 1 is 0.929 bits per heavy atom. The van der Waals surface area contributed by atoms with Crippen molar-refractivity contribution in [3.63, 3.8) is 0 Å². The van der Waals surface area contributed by atoms with Crippen LogP contribution in [-0.2, 0) is 0 Å². The molecular weight excluding hydrogens is 358 g/mol. The van der Waals surface area contributed by atoms with Crippen molar-refractivity contribution < 1.29 is 8.78 Å². The Hall–Kier alpha value is -3.60. The second-order valence-corrected chi connectivity index (χ2v) is 6.41. The quantitative estimate of drug-likeness (QED) is 0.497. The highest BCUT2D eigenvalue weighted by molar-refractivity contribution is 5.80. The zero-order valence-corrected chi connectivity index (χ0v) is 15.1. The van der Waals surface area contributed by atoms with Gasteiger partial charge in [0, 0.05) is 5.56 Å². The summed E-state index contributed by atoms with van der Waals surface area (Å²) in [7, 11) is 0. The molecule has 4 rings (SSSR count). The van der Waals surface area contributed by atoms with Gasteiger partial charge in [-0.3, -0.25) is 9.36 Å². The van der Waals surface area contributed by atoms with Gasteiger partial charge >= 0.3 is 0 Å². The van der Waals surface area contributed by atoms with Crippen LogP contribution in [0.4, 0.5) is 8.78 Å². The Morgan fingerprint density at radius 2 is 1.68 bits per heavy atom. The molecule has 0 atom stereocenters. The van der Waals surface area contributed by atoms with Crippen LogP contribution in [0.15, 0.2) is 71.5 Å². The number of hydrogen-bond donors (Lipinski definition) is 0. The first-order valence-electron chi connectivity index (χ1n) is 8.75. The molecule has 0 fully saturated rings. The molecule has 0 bridgehead atoms. The van der Waals surface area contributed by atoms with E-state index in [9.17, 15) is 13.6 Å². The summed E-state index contributed by atoms with van der Waals surface area (Å²) in [6.45, 7) is 1.79. The van der Waals surface area contributed by atoms with Gasteiger partial charge in [-0.25, -0.2) is 13.8 Å². The third-order valence-corrected chi connectivity index (χ3v) is 4.53. The van der Waals surface area contributed by atoms with Crippen molar-refractivity contribution in [2.75, 3.05) is 0 Å². The van der Waals surface area contributed by atoms with Gasteiger partial charge in [-0.15, -0.1) is 0 Å². The lowest BCUT2D eigenvalue weighted by Crippen LogP contribution is -2.23. The topological polar surface area (TPSA) is 34.9 Å². The summed E-state index contributed by atoms with van der Waals surface area (Å²) in [6, 6.07) is 17.5. The minimum absolute atomic E-state index is 0.292. The summed E-state index contributed by atoms with van der Waals surface area (Å²) in [4.78, 5) is 17.7. The van der Waals surface area contributed by atoms with Gasteiger partial charge in [0.15, 0.2) is 0 Å². The smallest absolute Gasteiger partial charge is 0.266 e. The summed E-state index contributed by atoms with van der Waals surface area (Å²) in [5.74, 6) is -0.541. The zero-order chi connectivity index (χ0) is 19.7. The molecule has 0 aliphatic rings. The molecule has 0 N–H and O–H groups in total. The van der Waals surface area contributed by atoms with Gasteiger partial charge in [0.2, 0.25) is 0 Å². The minimum atomic E-state index is -0.454. The minimum Gasteiger partial charge on any atom is -0.268 e. The molecule has 0 amide bonds. The van der Waals surface area contributed by atoms with E-state index in [0.29, 0.717) is 28.0 Å². The molecule has 3 aromatic carbocycles. The third kappa shape index (κ3) is 3.22. The summed E-state index contributed by atoms with van der Waals surface area (Å²) in [5, 5.41) is 0.425. The summed E-state index contributed by atoms with van der Waals surface area (Å²) in [6.07, 6.45) is 3.12. The van der Waals surface area contributed by atoms with Crippen LogP contribution in [0.2, 0.25) is 0 Å². The second-order valence-electron chi connectivity index (χ2n) is 6.41. The molecular formula is C23H16F2N2O. The Kier molecular flexibility index (Phi) is 4.57. The van der Waals surface area contributed by atoms with E-state index in [1.165, 1.54) is 22.8 Å². The molecule has 0 saturated carbocycles. The van der Waals surface area contributed by atoms with Gasteiger partial charge in [0.25, 0.3) is 5.56 Å². The van der Waals surface area contributed by atoms with Gasteiger partial charge in [0.05, 0.1) is 16.6 Å². The van der Waals surface area contributed by atoms with Gasteiger partial charge in [-0.05, 0) is 55.0 Å². The number of nitrogens with zero attached hydrogens (tertiary/aromatic N) is 2. The van der Waals surface area contributed by atoms with Gasteiger partial charge < -0.3 is 0 Å². The molecule has 5 heteroatoms. The Labute approximate surface area is 160 Å². The number of rotatable bonds is 3.